The molecule has 1 aromatic heterocycles. The summed E-state index contributed by atoms with van der Waals surface area (Å²) in [4.78, 5) is 0. The van der Waals surface area contributed by atoms with E-state index in [4.69, 9.17) is 17.0 Å². The second-order valence-electron chi connectivity index (χ2n) is 4.38. The molecule has 3 rings (SSSR count). The zero-order valence-corrected chi connectivity index (χ0v) is 12.2. The smallest absolute Gasteiger partial charge is 0.232 e. The maximum Gasteiger partial charge on any atom is 0.232 e. The number of hydrogen-bond donors (Lipinski definition) is 2. The zero-order chi connectivity index (χ0) is 14.7. The van der Waals surface area contributed by atoms with Crippen molar-refractivity contribution >= 4 is 23.9 Å². The number of nitrogens with one attached hydrogen (secondary N) is 2. The molecule has 0 fully saturated rings. The largest absolute Gasteiger partial charge is 0.497 e. The third-order valence-electron chi connectivity index (χ3n) is 3.03. The van der Waals surface area contributed by atoms with E-state index in [9.17, 15) is 0 Å². The molecule has 0 radical (unpaired) electrons. The molecule has 1 heterocycles. The predicted octanol–water partition coefficient (Wildman–Crippen LogP) is 3.68. The maximum atomic E-state index is 5.31. The number of benzene rings is 2. The average molecular weight is 298 g/mol. The van der Waals surface area contributed by atoms with Gasteiger partial charge >= 0.3 is 0 Å². The van der Waals surface area contributed by atoms with E-state index in [0.717, 1.165) is 17.1 Å². The molecule has 21 heavy (non-hydrogen) atoms. The van der Waals surface area contributed by atoms with Gasteiger partial charge < -0.3 is 10.1 Å². The molecule has 0 bridgehead atoms. The normalized spacial score (nSPS) is 10.3. The van der Waals surface area contributed by atoms with E-state index in [1.807, 2.05) is 59.2 Å². The molecule has 0 atom stereocenters. The highest BCUT2D eigenvalue weighted by Gasteiger charge is 2.08. The van der Waals surface area contributed by atoms with Crippen LogP contribution < -0.4 is 10.1 Å². The Labute approximate surface area is 127 Å². The maximum absolute atomic E-state index is 5.31. The van der Waals surface area contributed by atoms with Crippen LogP contribution in [0.25, 0.3) is 5.69 Å². The van der Waals surface area contributed by atoms with Crippen LogP contribution in [0.1, 0.15) is 0 Å². The van der Waals surface area contributed by atoms with Gasteiger partial charge in [0.1, 0.15) is 5.75 Å². The average Bonchev–Trinajstić information content (AvgIpc) is 2.89. The van der Waals surface area contributed by atoms with E-state index in [-0.39, 0.29) is 0 Å². The summed E-state index contributed by atoms with van der Waals surface area (Å²) in [5.41, 5.74) is 1.86. The lowest BCUT2D eigenvalue weighted by atomic mass is 10.3. The summed E-state index contributed by atoms with van der Waals surface area (Å²) in [7, 11) is 1.64. The third kappa shape index (κ3) is 2.80. The minimum atomic E-state index is 0.526. The van der Waals surface area contributed by atoms with Crippen LogP contribution in [-0.4, -0.2) is 21.9 Å². The first-order valence-electron chi connectivity index (χ1n) is 6.42. The molecule has 0 aliphatic rings. The Bertz CT molecular complexity index is 777. The van der Waals surface area contributed by atoms with E-state index in [1.165, 1.54) is 0 Å². The van der Waals surface area contributed by atoms with Crippen molar-refractivity contribution in [1.29, 1.82) is 0 Å². The van der Waals surface area contributed by atoms with E-state index in [0.29, 0.717) is 10.7 Å². The number of H-pyrrole nitrogens is 1. The Morgan fingerprint density at radius 3 is 2.48 bits per heavy atom. The molecule has 0 amide bonds. The fraction of sp³-hybridized carbons (Fsp3) is 0.0667. The fourth-order valence-electron chi connectivity index (χ4n) is 2.00. The van der Waals surface area contributed by atoms with Gasteiger partial charge in [0.05, 0.1) is 12.8 Å². The van der Waals surface area contributed by atoms with Crippen LogP contribution in [0.2, 0.25) is 0 Å². The van der Waals surface area contributed by atoms with Crippen LogP contribution >= 0.6 is 12.2 Å². The molecular weight excluding hydrogens is 284 g/mol. The highest BCUT2D eigenvalue weighted by Crippen LogP contribution is 2.21. The van der Waals surface area contributed by atoms with Crippen LogP contribution in [-0.2, 0) is 0 Å². The minimum Gasteiger partial charge on any atom is -0.497 e. The second kappa shape index (κ2) is 5.80. The second-order valence-corrected chi connectivity index (χ2v) is 4.76. The van der Waals surface area contributed by atoms with Gasteiger partial charge in [-0.3, -0.25) is 4.57 Å². The first-order chi connectivity index (χ1) is 10.3. The Morgan fingerprint density at radius 1 is 1.10 bits per heavy atom. The van der Waals surface area contributed by atoms with E-state index in [2.05, 4.69) is 15.5 Å². The lowest BCUT2D eigenvalue weighted by molar-refractivity contribution is 0.414. The molecule has 2 N–H and O–H groups in total. The number of ether oxygens (including phenoxy) is 1. The number of nitrogens with zero attached hydrogens (tertiary/aromatic N) is 2. The molecule has 6 heteroatoms. The molecule has 0 aliphatic heterocycles. The lowest BCUT2D eigenvalue weighted by Crippen LogP contribution is -2.01. The van der Waals surface area contributed by atoms with Crippen LogP contribution in [0.5, 0.6) is 5.75 Å². The van der Waals surface area contributed by atoms with Crippen LogP contribution in [0.15, 0.2) is 54.6 Å². The molecule has 0 unspecified atom stereocenters. The summed E-state index contributed by atoms with van der Waals surface area (Å²) in [6.45, 7) is 0. The van der Waals surface area contributed by atoms with Crippen molar-refractivity contribution in [2.75, 3.05) is 12.4 Å². The molecule has 0 saturated carbocycles. The summed E-state index contributed by atoms with van der Waals surface area (Å²) >= 11 is 5.31. The number of rotatable bonds is 4. The molecule has 3 aromatic rings. The van der Waals surface area contributed by atoms with E-state index < -0.39 is 0 Å². The van der Waals surface area contributed by atoms with Crippen molar-refractivity contribution in [2.45, 2.75) is 0 Å². The molecule has 0 spiro atoms. The number of hydrogen-bond acceptors (Lipinski definition) is 4. The lowest BCUT2D eigenvalue weighted by Gasteiger charge is -2.09. The van der Waals surface area contributed by atoms with Crippen LogP contribution in [0, 0.1) is 4.77 Å². The first-order valence-corrected chi connectivity index (χ1v) is 6.82. The van der Waals surface area contributed by atoms with Crippen molar-refractivity contribution in [3.8, 4) is 11.4 Å². The quantitative estimate of drug-likeness (QED) is 0.721. The first kappa shape index (κ1) is 13.4. The minimum absolute atomic E-state index is 0.526. The summed E-state index contributed by atoms with van der Waals surface area (Å²) in [6, 6.07) is 17.5. The Hall–Kier alpha value is -2.60. The van der Waals surface area contributed by atoms with E-state index in [1.54, 1.807) is 7.11 Å². The van der Waals surface area contributed by atoms with Gasteiger partial charge in [-0.2, -0.15) is 0 Å². The zero-order valence-electron chi connectivity index (χ0n) is 11.4. The SMILES string of the molecule is COc1ccc(-n2c(Nc3ccccc3)n[nH]c2=S)cc1. The van der Waals surface area contributed by atoms with Gasteiger partial charge in [0.15, 0.2) is 0 Å². The van der Waals surface area contributed by atoms with Crippen molar-refractivity contribution in [3.05, 3.63) is 59.4 Å². The summed E-state index contributed by atoms with van der Waals surface area (Å²) in [5.74, 6) is 1.43. The van der Waals surface area contributed by atoms with Crippen molar-refractivity contribution < 1.29 is 4.74 Å². The van der Waals surface area contributed by atoms with Gasteiger partial charge in [-0.15, -0.1) is 5.10 Å². The van der Waals surface area contributed by atoms with Crippen molar-refractivity contribution in [3.63, 3.8) is 0 Å². The van der Waals surface area contributed by atoms with Gasteiger partial charge in [-0.1, -0.05) is 18.2 Å². The molecular formula is C15H14N4OS. The summed E-state index contributed by atoms with van der Waals surface area (Å²) < 4.78 is 7.53. The topological polar surface area (TPSA) is 54.9 Å². The standard InChI is InChI=1S/C15H14N4OS/c1-20-13-9-7-12(8-10-13)19-14(17-18-15(19)21)16-11-5-3-2-4-6-11/h2-10H,1H3,(H,16,17)(H,18,21). The molecule has 106 valence electrons. The Morgan fingerprint density at radius 2 is 1.81 bits per heavy atom. The van der Waals surface area contributed by atoms with Crippen molar-refractivity contribution in [1.82, 2.24) is 14.8 Å². The fourth-order valence-corrected chi connectivity index (χ4v) is 2.24. The number of anilines is 2. The molecule has 2 aromatic carbocycles. The highest BCUT2D eigenvalue weighted by atomic mass is 32.1. The van der Waals surface area contributed by atoms with Gasteiger partial charge in [-0.25, -0.2) is 5.10 Å². The van der Waals surface area contributed by atoms with Gasteiger partial charge in [0, 0.05) is 5.69 Å². The Kier molecular flexibility index (Phi) is 3.70. The monoisotopic (exact) mass is 298 g/mol. The van der Waals surface area contributed by atoms with Crippen LogP contribution in [0.3, 0.4) is 0 Å². The number of aromatic nitrogens is 3. The number of para-hydroxylation sites is 1. The molecule has 0 aliphatic carbocycles. The van der Waals surface area contributed by atoms with Crippen molar-refractivity contribution in [2.24, 2.45) is 0 Å². The summed E-state index contributed by atoms with van der Waals surface area (Å²) in [6.07, 6.45) is 0. The predicted molar refractivity (Wildman–Crippen MR) is 85.0 cm³/mol. The van der Waals surface area contributed by atoms with Gasteiger partial charge in [0.2, 0.25) is 10.7 Å². The van der Waals surface area contributed by atoms with E-state index >= 15 is 0 Å². The van der Waals surface area contributed by atoms with Gasteiger partial charge in [-0.05, 0) is 48.6 Å². The van der Waals surface area contributed by atoms with Gasteiger partial charge in [0.25, 0.3) is 0 Å². The number of methoxy groups -OCH3 is 1. The number of aromatic amines is 1. The summed E-state index contributed by atoms with van der Waals surface area (Å²) in [5, 5.41) is 10.3. The highest BCUT2D eigenvalue weighted by molar-refractivity contribution is 7.71. The Balaban J connectivity index is 1.98. The van der Waals surface area contributed by atoms with Crippen LogP contribution in [0.4, 0.5) is 11.6 Å². The molecule has 5 nitrogen and oxygen atoms in total. The third-order valence-corrected chi connectivity index (χ3v) is 3.31. The molecule has 0 saturated heterocycles.